The van der Waals surface area contributed by atoms with Gasteiger partial charge < -0.3 is 0 Å². The van der Waals surface area contributed by atoms with E-state index >= 15 is 0 Å². The summed E-state index contributed by atoms with van der Waals surface area (Å²) in [6, 6.07) is 19.7. The van der Waals surface area contributed by atoms with E-state index in [-0.39, 0.29) is 5.38 Å². The summed E-state index contributed by atoms with van der Waals surface area (Å²) in [6.07, 6.45) is 0.577. The molecule has 3 aromatic rings. The summed E-state index contributed by atoms with van der Waals surface area (Å²) in [6.45, 7) is 0. The number of aromatic nitrogens is 4. The third-order valence-electron chi connectivity index (χ3n) is 3.06. The lowest BCUT2D eigenvalue weighted by Crippen LogP contribution is -2.06. The number of rotatable bonds is 4. The molecule has 20 heavy (non-hydrogen) atoms. The Balaban J connectivity index is 1.84. The van der Waals surface area contributed by atoms with Crippen molar-refractivity contribution >= 4 is 11.6 Å². The minimum absolute atomic E-state index is 0.148. The highest BCUT2D eigenvalue weighted by atomic mass is 35.5. The van der Waals surface area contributed by atoms with E-state index < -0.39 is 0 Å². The van der Waals surface area contributed by atoms with E-state index in [1.165, 1.54) is 0 Å². The standard InChI is InChI=1S/C15H13ClN4/c16-14(12-7-3-1-4-8-12)11-15-17-18-19-20(15)13-9-5-2-6-10-13/h1-10,14H,11H2. The highest BCUT2D eigenvalue weighted by molar-refractivity contribution is 6.20. The molecule has 2 aromatic carbocycles. The summed E-state index contributed by atoms with van der Waals surface area (Å²) < 4.78 is 1.72. The predicted octanol–water partition coefficient (Wildman–Crippen LogP) is 3.18. The van der Waals surface area contributed by atoms with E-state index in [9.17, 15) is 0 Å². The molecular weight excluding hydrogens is 272 g/mol. The van der Waals surface area contributed by atoms with Gasteiger partial charge in [0.2, 0.25) is 0 Å². The minimum Gasteiger partial charge on any atom is -0.197 e. The van der Waals surface area contributed by atoms with Crippen molar-refractivity contribution in [2.24, 2.45) is 0 Å². The molecule has 1 aromatic heterocycles. The van der Waals surface area contributed by atoms with Crippen LogP contribution in [0.4, 0.5) is 0 Å². The molecule has 5 heteroatoms. The number of hydrogen-bond acceptors (Lipinski definition) is 3. The topological polar surface area (TPSA) is 43.6 Å². The molecular formula is C15H13ClN4. The first-order valence-electron chi connectivity index (χ1n) is 6.36. The van der Waals surface area contributed by atoms with Gasteiger partial charge in [-0.2, -0.15) is 4.68 Å². The Labute approximate surface area is 122 Å². The Hall–Kier alpha value is -2.20. The van der Waals surface area contributed by atoms with Crippen molar-refractivity contribution in [3.8, 4) is 5.69 Å². The fraction of sp³-hybridized carbons (Fsp3) is 0.133. The highest BCUT2D eigenvalue weighted by Gasteiger charge is 2.15. The molecule has 0 radical (unpaired) electrons. The first-order chi connectivity index (χ1) is 9.84. The number of nitrogens with zero attached hydrogens (tertiary/aromatic N) is 4. The highest BCUT2D eigenvalue weighted by Crippen LogP contribution is 2.24. The maximum atomic E-state index is 6.45. The molecule has 100 valence electrons. The zero-order valence-electron chi connectivity index (χ0n) is 10.7. The van der Waals surface area contributed by atoms with Crippen LogP contribution in [-0.4, -0.2) is 20.2 Å². The van der Waals surface area contributed by atoms with E-state index in [0.29, 0.717) is 6.42 Å². The van der Waals surface area contributed by atoms with Gasteiger partial charge in [0, 0.05) is 6.42 Å². The van der Waals surface area contributed by atoms with Crippen molar-refractivity contribution in [3.63, 3.8) is 0 Å². The second kappa shape index (κ2) is 5.84. The molecule has 1 unspecified atom stereocenters. The lowest BCUT2D eigenvalue weighted by molar-refractivity contribution is 0.744. The molecule has 0 spiro atoms. The third kappa shape index (κ3) is 2.70. The molecule has 0 aliphatic heterocycles. The summed E-state index contributed by atoms with van der Waals surface area (Å²) in [4.78, 5) is 0. The number of halogens is 1. The molecule has 0 fully saturated rings. The number of tetrazole rings is 1. The quantitative estimate of drug-likeness (QED) is 0.691. The van der Waals surface area contributed by atoms with E-state index in [4.69, 9.17) is 11.6 Å². The predicted molar refractivity (Wildman–Crippen MR) is 77.9 cm³/mol. The fourth-order valence-electron chi connectivity index (χ4n) is 2.04. The molecule has 1 heterocycles. The Morgan fingerprint density at radius 3 is 2.30 bits per heavy atom. The molecule has 0 saturated heterocycles. The fourth-order valence-corrected chi connectivity index (χ4v) is 2.33. The largest absolute Gasteiger partial charge is 0.197 e. The summed E-state index contributed by atoms with van der Waals surface area (Å²) in [5, 5.41) is 11.7. The molecule has 0 aliphatic carbocycles. The summed E-state index contributed by atoms with van der Waals surface area (Å²) in [5.74, 6) is 0.750. The van der Waals surface area contributed by atoms with Gasteiger partial charge in [-0.1, -0.05) is 48.5 Å². The second-order valence-corrected chi connectivity index (χ2v) is 4.95. The maximum absolute atomic E-state index is 6.45. The van der Waals surface area contributed by atoms with Crippen LogP contribution in [0.3, 0.4) is 0 Å². The molecule has 0 bridgehead atoms. The summed E-state index contributed by atoms with van der Waals surface area (Å²) in [5.41, 5.74) is 2.00. The van der Waals surface area contributed by atoms with Crippen LogP contribution in [-0.2, 0) is 6.42 Å². The second-order valence-electron chi connectivity index (χ2n) is 4.42. The van der Waals surface area contributed by atoms with Crippen LogP contribution in [0, 0.1) is 0 Å². The van der Waals surface area contributed by atoms with Gasteiger partial charge in [0.15, 0.2) is 5.82 Å². The van der Waals surface area contributed by atoms with Crippen molar-refractivity contribution in [1.29, 1.82) is 0 Å². The summed E-state index contributed by atoms with van der Waals surface area (Å²) in [7, 11) is 0. The van der Waals surface area contributed by atoms with E-state index in [0.717, 1.165) is 17.1 Å². The maximum Gasteiger partial charge on any atom is 0.158 e. The zero-order chi connectivity index (χ0) is 13.8. The Morgan fingerprint density at radius 1 is 0.950 bits per heavy atom. The van der Waals surface area contributed by atoms with Crippen LogP contribution in [0.1, 0.15) is 16.8 Å². The van der Waals surface area contributed by atoms with E-state index in [1.807, 2.05) is 60.7 Å². The first kappa shape index (κ1) is 12.8. The van der Waals surface area contributed by atoms with Crippen molar-refractivity contribution in [1.82, 2.24) is 20.2 Å². The van der Waals surface area contributed by atoms with Crippen LogP contribution < -0.4 is 0 Å². The van der Waals surface area contributed by atoms with Crippen molar-refractivity contribution < 1.29 is 0 Å². The van der Waals surface area contributed by atoms with Crippen molar-refractivity contribution in [2.45, 2.75) is 11.8 Å². The van der Waals surface area contributed by atoms with Gasteiger partial charge >= 0.3 is 0 Å². The molecule has 0 aliphatic rings. The van der Waals surface area contributed by atoms with Crippen LogP contribution in [0.2, 0.25) is 0 Å². The first-order valence-corrected chi connectivity index (χ1v) is 6.80. The zero-order valence-corrected chi connectivity index (χ0v) is 11.5. The van der Waals surface area contributed by atoms with E-state index in [2.05, 4.69) is 15.5 Å². The van der Waals surface area contributed by atoms with E-state index in [1.54, 1.807) is 4.68 Å². The number of benzene rings is 2. The molecule has 0 amide bonds. The summed E-state index contributed by atoms with van der Waals surface area (Å²) >= 11 is 6.45. The van der Waals surface area contributed by atoms with Crippen molar-refractivity contribution in [3.05, 3.63) is 72.1 Å². The molecule has 4 nitrogen and oxygen atoms in total. The van der Waals surface area contributed by atoms with Gasteiger partial charge in [0.05, 0.1) is 11.1 Å². The van der Waals surface area contributed by atoms with Crippen LogP contribution in [0.25, 0.3) is 5.69 Å². The molecule has 1 atom stereocenters. The normalized spacial score (nSPS) is 12.2. The Morgan fingerprint density at radius 2 is 1.60 bits per heavy atom. The third-order valence-corrected chi connectivity index (χ3v) is 3.46. The Kier molecular flexibility index (Phi) is 3.74. The SMILES string of the molecule is ClC(Cc1nnnn1-c1ccccc1)c1ccccc1. The van der Waals surface area contributed by atoms with Gasteiger partial charge in [-0.15, -0.1) is 16.7 Å². The van der Waals surface area contributed by atoms with Crippen molar-refractivity contribution in [2.75, 3.05) is 0 Å². The van der Waals surface area contributed by atoms with Gasteiger partial charge in [0.1, 0.15) is 0 Å². The molecule has 3 rings (SSSR count). The number of para-hydroxylation sites is 1. The monoisotopic (exact) mass is 284 g/mol. The number of hydrogen-bond donors (Lipinski definition) is 0. The molecule has 0 N–H and O–H groups in total. The van der Waals surface area contributed by atoms with Crippen LogP contribution in [0.5, 0.6) is 0 Å². The smallest absolute Gasteiger partial charge is 0.158 e. The lowest BCUT2D eigenvalue weighted by Gasteiger charge is -2.09. The number of alkyl halides is 1. The minimum atomic E-state index is -0.148. The van der Waals surface area contributed by atoms with Gasteiger partial charge in [-0.05, 0) is 28.1 Å². The van der Waals surface area contributed by atoms with Gasteiger partial charge in [-0.3, -0.25) is 0 Å². The lowest BCUT2D eigenvalue weighted by atomic mass is 10.1. The van der Waals surface area contributed by atoms with Crippen LogP contribution >= 0.6 is 11.6 Å². The molecule has 0 saturated carbocycles. The average Bonchev–Trinajstić information content (AvgIpc) is 2.97. The van der Waals surface area contributed by atoms with Gasteiger partial charge in [0.25, 0.3) is 0 Å². The Bertz CT molecular complexity index is 667. The average molecular weight is 285 g/mol. The van der Waals surface area contributed by atoms with Crippen LogP contribution in [0.15, 0.2) is 60.7 Å². The van der Waals surface area contributed by atoms with Gasteiger partial charge in [-0.25, -0.2) is 0 Å².